The number of aromatic nitrogens is 11. The van der Waals surface area contributed by atoms with Gasteiger partial charge in [-0.1, -0.05) is 67.2 Å². The molecule has 0 spiro atoms. The lowest BCUT2D eigenvalue weighted by molar-refractivity contribution is -0.205. The summed E-state index contributed by atoms with van der Waals surface area (Å²) in [6, 6.07) is 58.0. The van der Waals surface area contributed by atoms with E-state index in [1.54, 1.807) is 26.3 Å². The van der Waals surface area contributed by atoms with Crippen LogP contribution in [0.3, 0.4) is 0 Å². The molecule has 15 nitrogen and oxygen atoms in total. The fourth-order valence-corrected chi connectivity index (χ4v) is 10.0. The van der Waals surface area contributed by atoms with Crippen LogP contribution in [0.25, 0.3) is 56.6 Å². The second-order valence-electron chi connectivity index (χ2n) is 25.3. The molecule has 552 valence electrons. The molecule has 0 saturated heterocycles. The molecule has 0 N–H and O–H groups in total. The van der Waals surface area contributed by atoms with Gasteiger partial charge in [0.2, 0.25) is 11.8 Å². The number of alkyl halides is 3. The van der Waals surface area contributed by atoms with Crippen molar-refractivity contribution in [2.75, 3.05) is 0 Å². The van der Waals surface area contributed by atoms with E-state index in [1.165, 1.54) is 70.9 Å². The number of hydrogen-bond donors (Lipinski definition) is 0. The van der Waals surface area contributed by atoms with Gasteiger partial charge in [-0.15, -0.1) is 23.4 Å². The van der Waals surface area contributed by atoms with Gasteiger partial charge >= 0.3 is 6.30 Å². The summed E-state index contributed by atoms with van der Waals surface area (Å²) in [5, 5.41) is 7.20. The number of pyridine rings is 7. The SMILES string of the molecule is C=C(C)C=N/C=C/c1ccc(C)nc1.Cc1cc(-c2ccccc2)oc1C.Cc1ccc(-c2ccnc(C)c2)cn1.Cc1ccc(C)n1-c1ccccc1.Cc1ccc(C)n1C(F)(F)F.Cc1ccc(C)o1.Cc1ccnc(-c2ccc(C)nc2)c1.Cc1ccncc1-c1cnccc1C.Cc1nnc(C)o1. The predicted molar refractivity (Wildman–Crippen MR) is 428 cm³/mol. The Labute approximate surface area is 628 Å². The number of aliphatic imine (C=N–C) groups is 1. The highest BCUT2D eigenvalue weighted by molar-refractivity contribution is 5.77. The van der Waals surface area contributed by atoms with Crippen molar-refractivity contribution in [1.29, 1.82) is 0 Å². The van der Waals surface area contributed by atoms with E-state index in [2.05, 4.69) is 176 Å². The van der Waals surface area contributed by atoms with Crippen LogP contribution in [0.1, 0.15) is 109 Å². The van der Waals surface area contributed by atoms with E-state index >= 15 is 0 Å². The average Bonchev–Trinajstić information content (AvgIpc) is 1.33. The third-order valence-corrected chi connectivity index (χ3v) is 15.8. The summed E-state index contributed by atoms with van der Waals surface area (Å²) < 4.78 is 54.5. The smallest absolute Gasteiger partial charge is 0.467 e. The van der Waals surface area contributed by atoms with Gasteiger partial charge in [0.25, 0.3) is 0 Å². The molecule has 14 rings (SSSR count). The Bertz CT molecular complexity index is 4770. The van der Waals surface area contributed by atoms with E-state index < -0.39 is 6.30 Å². The maximum atomic E-state index is 12.1. The van der Waals surface area contributed by atoms with Gasteiger partial charge in [0.1, 0.15) is 23.0 Å². The molecule has 107 heavy (non-hydrogen) atoms. The van der Waals surface area contributed by atoms with Crippen LogP contribution in [0.5, 0.6) is 0 Å². The van der Waals surface area contributed by atoms with Gasteiger partial charge in [0.05, 0.1) is 5.69 Å². The fourth-order valence-electron chi connectivity index (χ4n) is 10.0. The Morgan fingerprint density at radius 2 is 0.944 bits per heavy atom. The Morgan fingerprint density at radius 3 is 1.36 bits per heavy atom. The summed E-state index contributed by atoms with van der Waals surface area (Å²) in [4.78, 5) is 33.5. The van der Waals surface area contributed by atoms with E-state index in [0.717, 1.165) is 90.5 Å². The molecule has 18 heteroatoms. The van der Waals surface area contributed by atoms with Crippen molar-refractivity contribution in [2.45, 2.75) is 131 Å². The van der Waals surface area contributed by atoms with Gasteiger partial charge in [-0.3, -0.25) is 44.4 Å². The van der Waals surface area contributed by atoms with Crippen LogP contribution >= 0.6 is 0 Å². The van der Waals surface area contributed by atoms with Gasteiger partial charge in [0.15, 0.2) is 0 Å². The molecule has 12 heterocycles. The molecule has 0 bridgehead atoms. The first-order valence-electron chi connectivity index (χ1n) is 34.7. The van der Waals surface area contributed by atoms with E-state index in [-0.39, 0.29) is 11.4 Å². The number of hydrogen-bond acceptors (Lipinski definition) is 13. The van der Waals surface area contributed by atoms with Crippen LogP contribution in [0.2, 0.25) is 0 Å². The standard InChI is InChI=1S/3C12H12N2.C12H14N2.C12H13N.C12H12O.C7H8F3N.C6H8O.C4H6N2O/c1-9-3-5-13-7-11(9)12-8-14-6-4-10(12)2;1-9-5-6-13-12(7-9)11-4-3-10(2)14-8-11;1-9-3-4-12(8-14-9)11-5-6-13-10(2)7-11;1-10(2)8-13-7-6-12-5-4-11(3)14-9-12;1-10-8-9-11(2)13(10)12-6-4-3-5-7-12;1-9-8-12(13-10(9)2)11-6-4-3-5-7-11;1-5-3-4-6(2)11(5)7(8,9)10;1-5-3-4-6(2)7-5;1-3-5-6-4(2)7-3/h3*3-8H,1-2H3;4-9H,1H2,2-3H3;3-9H,1-2H3;3-8H,1-2H3;3-4H,1-2H3;3-4H,1-2H3;1-2H3/b;;;7-6+,13-8?;;;;;. The maximum Gasteiger partial charge on any atom is 0.488 e. The molecule has 0 aliphatic carbocycles. The van der Waals surface area contributed by atoms with Gasteiger partial charge in [-0.05, 0) is 271 Å². The number of aryl methyl sites for hydroxylation is 17. The monoisotopic (exact) mass is 1440 g/mol. The normalized spacial score (nSPS) is 10.4. The highest BCUT2D eigenvalue weighted by atomic mass is 19.4. The third kappa shape index (κ3) is 29.0. The molecule has 0 saturated carbocycles. The molecule has 12 aromatic heterocycles. The van der Waals surface area contributed by atoms with Gasteiger partial charge in [0, 0.05) is 161 Å². The number of benzene rings is 2. The third-order valence-electron chi connectivity index (χ3n) is 15.8. The molecule has 14 aromatic rings. The molecule has 0 amide bonds. The predicted octanol–water partition coefficient (Wildman–Crippen LogP) is 23.1. The molecular formula is C89H97F3N12O3. The van der Waals surface area contributed by atoms with Crippen molar-refractivity contribution in [3.63, 3.8) is 0 Å². The highest BCUT2D eigenvalue weighted by Crippen LogP contribution is 2.28. The lowest BCUT2D eigenvalue weighted by atomic mass is 10.0. The minimum absolute atomic E-state index is 0.218. The zero-order valence-corrected chi connectivity index (χ0v) is 64.6. The molecule has 0 fully saturated rings. The number of nitrogens with zero attached hydrogens (tertiary/aromatic N) is 12. The zero-order chi connectivity index (χ0) is 78.0. The first kappa shape index (κ1) is 83.6. The summed E-state index contributed by atoms with van der Waals surface area (Å²) in [5.41, 5.74) is 23.1. The molecule has 0 aliphatic heterocycles. The lowest BCUT2D eigenvalue weighted by Gasteiger charge is -2.12. The van der Waals surface area contributed by atoms with Crippen molar-refractivity contribution in [3.05, 3.63) is 352 Å². The van der Waals surface area contributed by atoms with Crippen LogP contribution in [-0.4, -0.2) is 60.4 Å². The van der Waals surface area contributed by atoms with Crippen molar-refractivity contribution in [2.24, 2.45) is 4.99 Å². The number of rotatable bonds is 8. The molecular weight excluding hydrogens is 1340 g/mol. The van der Waals surface area contributed by atoms with Crippen LogP contribution in [0.15, 0.2) is 268 Å². The summed E-state index contributed by atoms with van der Waals surface area (Å²) >= 11 is 0. The Balaban J connectivity index is 0.000000190. The highest BCUT2D eigenvalue weighted by Gasteiger charge is 2.32. The number of furan rings is 2. The van der Waals surface area contributed by atoms with E-state index in [4.69, 9.17) is 13.3 Å². The second kappa shape index (κ2) is 42.5. The van der Waals surface area contributed by atoms with Crippen molar-refractivity contribution < 1.29 is 26.4 Å². The van der Waals surface area contributed by atoms with E-state index in [9.17, 15) is 13.2 Å². The first-order chi connectivity index (χ1) is 51.0. The number of para-hydroxylation sites is 1. The second-order valence-corrected chi connectivity index (χ2v) is 25.3. The van der Waals surface area contributed by atoms with E-state index in [1.807, 2.05) is 208 Å². The summed E-state index contributed by atoms with van der Waals surface area (Å²) in [7, 11) is 0. The van der Waals surface area contributed by atoms with Crippen LogP contribution in [0.4, 0.5) is 13.2 Å². The van der Waals surface area contributed by atoms with Crippen LogP contribution < -0.4 is 0 Å². The summed E-state index contributed by atoms with van der Waals surface area (Å²) in [6.07, 6.45) is 17.7. The fraction of sp³-hybridized carbons (Fsp3) is 0.213. The Morgan fingerprint density at radius 1 is 0.430 bits per heavy atom. The Kier molecular flexibility index (Phi) is 33.2. The minimum Gasteiger partial charge on any atom is -0.467 e. The number of halogens is 3. The molecule has 0 radical (unpaired) electrons. The molecule has 2 aromatic carbocycles. The minimum atomic E-state index is -4.28. The molecule has 0 aliphatic rings. The van der Waals surface area contributed by atoms with Gasteiger partial charge < -0.3 is 17.8 Å². The average molecular weight is 1440 g/mol. The molecule has 0 unspecified atom stereocenters. The van der Waals surface area contributed by atoms with Crippen molar-refractivity contribution in [1.82, 2.24) is 54.2 Å². The lowest BCUT2D eigenvalue weighted by Crippen LogP contribution is -2.19. The maximum absolute atomic E-state index is 12.1. The quantitative estimate of drug-likeness (QED) is 0.132. The summed E-state index contributed by atoms with van der Waals surface area (Å²) in [6.45, 7) is 38.3. The van der Waals surface area contributed by atoms with Crippen LogP contribution in [0, 0.1) is 118 Å². The molecule has 0 atom stereocenters. The topological polar surface area (TPSA) is 178 Å². The van der Waals surface area contributed by atoms with Crippen LogP contribution in [-0.2, 0) is 6.30 Å². The zero-order valence-electron chi connectivity index (χ0n) is 64.6. The van der Waals surface area contributed by atoms with Crippen molar-refractivity contribution >= 4 is 12.3 Å². The number of allylic oxidation sites excluding steroid dienone is 1. The van der Waals surface area contributed by atoms with E-state index in [0.29, 0.717) is 16.3 Å². The Hall–Kier alpha value is -12.3. The summed E-state index contributed by atoms with van der Waals surface area (Å²) in [5.74, 6) is 5.17. The van der Waals surface area contributed by atoms with Gasteiger partial charge in [-0.25, -0.2) is 0 Å². The van der Waals surface area contributed by atoms with Gasteiger partial charge in [-0.2, -0.15) is 0 Å². The first-order valence-corrected chi connectivity index (χ1v) is 34.7. The largest absolute Gasteiger partial charge is 0.488 e. The van der Waals surface area contributed by atoms with Crippen molar-refractivity contribution in [3.8, 4) is 50.5 Å².